The molecule has 0 aliphatic carbocycles. The van der Waals surface area contributed by atoms with Gasteiger partial charge in [-0.3, -0.25) is 24.1 Å². The van der Waals surface area contributed by atoms with Gasteiger partial charge in [-0.2, -0.15) is 0 Å². The molecule has 0 bridgehead atoms. The quantitative estimate of drug-likeness (QED) is 0.432. The number of esters is 1. The molecule has 1 saturated heterocycles. The predicted molar refractivity (Wildman–Crippen MR) is 121 cm³/mol. The molecule has 3 amide bonds. The van der Waals surface area contributed by atoms with E-state index in [0.29, 0.717) is 19.7 Å². The molecule has 1 aromatic carbocycles. The van der Waals surface area contributed by atoms with E-state index in [1.165, 1.54) is 28.0 Å². The lowest BCUT2D eigenvalue weighted by Crippen LogP contribution is -2.42. The Balaban J connectivity index is 1.79. The molecule has 180 valence electrons. The van der Waals surface area contributed by atoms with Gasteiger partial charge in [0.15, 0.2) is 0 Å². The minimum Gasteiger partial charge on any atom is -0.459 e. The van der Waals surface area contributed by atoms with E-state index in [0.717, 1.165) is 12.8 Å². The number of carbonyl (C=O) groups excluding carboxylic acids is 4. The van der Waals surface area contributed by atoms with Gasteiger partial charge in [-0.25, -0.2) is 0 Å². The molecular formula is C24H33N3O6. The minimum atomic E-state index is -0.666. The van der Waals surface area contributed by atoms with Gasteiger partial charge in [-0.05, 0) is 65.9 Å². The van der Waals surface area contributed by atoms with E-state index in [1.54, 1.807) is 20.8 Å². The monoisotopic (exact) mass is 459 g/mol. The molecule has 0 N–H and O–H groups in total. The van der Waals surface area contributed by atoms with E-state index >= 15 is 0 Å². The molecule has 2 aliphatic heterocycles. The van der Waals surface area contributed by atoms with Crippen molar-refractivity contribution in [1.82, 2.24) is 14.7 Å². The standard InChI is InChI=1S/C24H33N3O6/c1-24(2,3)33-20(28)15-26(11-10-25(4)5)21(29)16-8-9-18-19(13-16)23(31)27(22(18)30)14-17-7-6-12-32-17/h8-9,13,17H,6-7,10-12,14-15H2,1-5H3. The molecule has 2 aliphatic rings. The summed E-state index contributed by atoms with van der Waals surface area (Å²) in [5, 5.41) is 0. The van der Waals surface area contributed by atoms with Gasteiger partial charge < -0.3 is 19.3 Å². The van der Waals surface area contributed by atoms with E-state index in [9.17, 15) is 19.2 Å². The first kappa shape index (κ1) is 24.9. The summed E-state index contributed by atoms with van der Waals surface area (Å²) in [7, 11) is 3.75. The number of amides is 3. The highest BCUT2D eigenvalue weighted by molar-refractivity contribution is 6.22. The van der Waals surface area contributed by atoms with E-state index in [-0.39, 0.29) is 41.8 Å². The Bertz CT molecular complexity index is 931. The number of ether oxygens (including phenoxy) is 2. The Labute approximate surface area is 194 Å². The molecule has 9 nitrogen and oxygen atoms in total. The molecule has 1 unspecified atom stereocenters. The fourth-order valence-corrected chi connectivity index (χ4v) is 3.87. The van der Waals surface area contributed by atoms with Crippen LogP contribution in [0.5, 0.6) is 0 Å². The predicted octanol–water partition coefficient (Wildman–Crippen LogP) is 1.81. The SMILES string of the molecule is CN(C)CCN(CC(=O)OC(C)(C)C)C(=O)c1ccc2c(c1)C(=O)N(CC1CCCO1)C2=O. The number of imide groups is 1. The van der Waals surface area contributed by atoms with Crippen LogP contribution in [0, 0.1) is 0 Å². The Morgan fingerprint density at radius 1 is 1.12 bits per heavy atom. The normalized spacial score (nSPS) is 18.1. The smallest absolute Gasteiger partial charge is 0.326 e. The maximum Gasteiger partial charge on any atom is 0.326 e. The molecule has 3 rings (SSSR count). The summed E-state index contributed by atoms with van der Waals surface area (Å²) in [5.41, 5.74) is 0.0617. The van der Waals surface area contributed by atoms with Crippen molar-refractivity contribution < 1.29 is 28.7 Å². The van der Waals surface area contributed by atoms with Crippen LogP contribution < -0.4 is 0 Å². The Kier molecular flexibility index (Phi) is 7.54. The summed E-state index contributed by atoms with van der Waals surface area (Å²) < 4.78 is 10.9. The zero-order valence-corrected chi connectivity index (χ0v) is 20.1. The van der Waals surface area contributed by atoms with E-state index in [1.807, 2.05) is 19.0 Å². The summed E-state index contributed by atoms with van der Waals surface area (Å²) in [6, 6.07) is 4.49. The maximum absolute atomic E-state index is 13.3. The van der Waals surface area contributed by atoms with E-state index < -0.39 is 23.4 Å². The second-order valence-corrected chi connectivity index (χ2v) is 9.73. The Morgan fingerprint density at radius 2 is 1.82 bits per heavy atom. The van der Waals surface area contributed by atoms with E-state index in [2.05, 4.69) is 0 Å². The number of likely N-dealkylation sites (N-methyl/N-ethyl adjacent to an activating group) is 1. The molecule has 1 aromatic rings. The summed E-state index contributed by atoms with van der Waals surface area (Å²) in [6.45, 7) is 6.79. The van der Waals surface area contributed by atoms with Crippen molar-refractivity contribution in [1.29, 1.82) is 0 Å². The Morgan fingerprint density at radius 3 is 2.42 bits per heavy atom. The summed E-state index contributed by atoms with van der Waals surface area (Å²) >= 11 is 0. The van der Waals surface area contributed by atoms with Crippen LogP contribution in [0.2, 0.25) is 0 Å². The van der Waals surface area contributed by atoms with Gasteiger partial charge in [0.05, 0.1) is 23.8 Å². The number of nitrogens with zero attached hydrogens (tertiary/aromatic N) is 3. The average molecular weight is 460 g/mol. The number of hydrogen-bond acceptors (Lipinski definition) is 7. The lowest BCUT2D eigenvalue weighted by molar-refractivity contribution is -0.155. The summed E-state index contributed by atoms with van der Waals surface area (Å²) in [6.07, 6.45) is 1.57. The topological polar surface area (TPSA) is 96.5 Å². The lowest BCUT2D eigenvalue weighted by atomic mass is 10.0. The van der Waals surface area contributed by atoms with Crippen LogP contribution in [0.1, 0.15) is 64.7 Å². The Hall–Kier alpha value is -2.78. The van der Waals surface area contributed by atoms with Crippen LogP contribution in [0.3, 0.4) is 0 Å². The zero-order valence-electron chi connectivity index (χ0n) is 20.1. The zero-order chi connectivity index (χ0) is 24.3. The van der Waals surface area contributed by atoms with Crippen molar-refractivity contribution in [3.63, 3.8) is 0 Å². The maximum atomic E-state index is 13.3. The molecule has 0 aromatic heterocycles. The highest BCUT2D eigenvalue weighted by Gasteiger charge is 2.38. The molecule has 2 heterocycles. The van der Waals surface area contributed by atoms with Crippen molar-refractivity contribution in [3.8, 4) is 0 Å². The van der Waals surface area contributed by atoms with Crippen LogP contribution in [0.4, 0.5) is 0 Å². The van der Waals surface area contributed by atoms with Gasteiger partial charge in [0, 0.05) is 25.3 Å². The number of carbonyl (C=O) groups is 4. The second kappa shape index (κ2) is 10.0. The lowest BCUT2D eigenvalue weighted by Gasteiger charge is -2.26. The third-order valence-corrected chi connectivity index (χ3v) is 5.47. The molecule has 1 fully saturated rings. The van der Waals surface area contributed by atoms with Gasteiger partial charge in [0.2, 0.25) is 0 Å². The van der Waals surface area contributed by atoms with Crippen molar-refractivity contribution in [3.05, 3.63) is 34.9 Å². The third-order valence-electron chi connectivity index (χ3n) is 5.47. The molecular weight excluding hydrogens is 426 g/mol. The van der Waals surface area contributed by atoms with Crippen molar-refractivity contribution >= 4 is 23.7 Å². The fourth-order valence-electron chi connectivity index (χ4n) is 3.87. The number of rotatable bonds is 8. The van der Waals surface area contributed by atoms with Crippen LogP contribution in [-0.2, 0) is 14.3 Å². The molecule has 9 heteroatoms. The van der Waals surface area contributed by atoms with Crippen LogP contribution in [0.25, 0.3) is 0 Å². The van der Waals surface area contributed by atoms with Gasteiger partial charge in [-0.15, -0.1) is 0 Å². The molecule has 0 saturated carbocycles. The molecule has 33 heavy (non-hydrogen) atoms. The summed E-state index contributed by atoms with van der Waals surface area (Å²) in [4.78, 5) is 55.9. The van der Waals surface area contributed by atoms with Crippen LogP contribution in [0.15, 0.2) is 18.2 Å². The highest BCUT2D eigenvalue weighted by Crippen LogP contribution is 2.26. The van der Waals surface area contributed by atoms with Gasteiger partial charge in [0.1, 0.15) is 12.1 Å². The number of hydrogen-bond donors (Lipinski definition) is 0. The van der Waals surface area contributed by atoms with Crippen molar-refractivity contribution in [2.75, 3.05) is 46.9 Å². The minimum absolute atomic E-state index is 0.149. The largest absolute Gasteiger partial charge is 0.459 e. The third kappa shape index (κ3) is 6.17. The second-order valence-electron chi connectivity index (χ2n) is 9.73. The van der Waals surface area contributed by atoms with E-state index in [4.69, 9.17) is 9.47 Å². The fraction of sp³-hybridized carbons (Fsp3) is 0.583. The van der Waals surface area contributed by atoms with Gasteiger partial charge in [-0.1, -0.05) is 0 Å². The van der Waals surface area contributed by atoms with Crippen molar-refractivity contribution in [2.45, 2.75) is 45.3 Å². The number of benzene rings is 1. The molecule has 0 radical (unpaired) electrons. The highest BCUT2D eigenvalue weighted by atomic mass is 16.6. The average Bonchev–Trinajstić information content (AvgIpc) is 3.32. The van der Waals surface area contributed by atoms with Crippen molar-refractivity contribution in [2.24, 2.45) is 0 Å². The van der Waals surface area contributed by atoms with Gasteiger partial charge >= 0.3 is 5.97 Å². The number of fused-ring (bicyclic) bond motifs is 1. The molecule has 0 spiro atoms. The van der Waals surface area contributed by atoms with Gasteiger partial charge in [0.25, 0.3) is 17.7 Å². The van der Waals surface area contributed by atoms with Crippen LogP contribution in [-0.4, -0.2) is 97.0 Å². The first-order chi connectivity index (χ1) is 15.5. The van der Waals surface area contributed by atoms with Crippen LogP contribution >= 0.6 is 0 Å². The first-order valence-electron chi connectivity index (χ1n) is 11.2. The summed E-state index contributed by atoms with van der Waals surface area (Å²) in [5.74, 6) is -1.71. The first-order valence-corrected chi connectivity index (χ1v) is 11.2. The molecule has 1 atom stereocenters.